The van der Waals surface area contributed by atoms with Crippen molar-refractivity contribution in [3.8, 4) is 0 Å². The van der Waals surface area contributed by atoms with Crippen molar-refractivity contribution in [1.29, 1.82) is 0 Å². The molecule has 0 saturated carbocycles. The standard InChI is InChI=1S/C7H12IN3/c1-5-6(8)11(10-9-5)7(2,3)4/h1-4H3. The van der Waals surface area contributed by atoms with Crippen LogP contribution in [0.4, 0.5) is 0 Å². The fourth-order valence-corrected chi connectivity index (χ4v) is 1.70. The Labute approximate surface area is 80.3 Å². The average molecular weight is 265 g/mol. The molecule has 0 fully saturated rings. The summed E-state index contributed by atoms with van der Waals surface area (Å²) in [5.74, 6) is 0. The van der Waals surface area contributed by atoms with Crippen LogP contribution in [0.15, 0.2) is 0 Å². The average Bonchev–Trinajstić information content (AvgIpc) is 2.11. The molecule has 0 aromatic carbocycles. The van der Waals surface area contributed by atoms with Gasteiger partial charge < -0.3 is 0 Å². The number of aryl methyl sites for hydroxylation is 1. The molecule has 62 valence electrons. The van der Waals surface area contributed by atoms with Crippen LogP contribution in [0.1, 0.15) is 26.5 Å². The molecular formula is C7H12IN3. The molecule has 0 aliphatic heterocycles. The van der Waals surface area contributed by atoms with E-state index in [0.29, 0.717) is 0 Å². The Kier molecular flexibility index (Phi) is 2.22. The van der Waals surface area contributed by atoms with Crippen molar-refractivity contribution in [2.45, 2.75) is 33.2 Å². The van der Waals surface area contributed by atoms with E-state index < -0.39 is 0 Å². The lowest BCUT2D eigenvalue weighted by atomic mass is 10.1. The van der Waals surface area contributed by atoms with Crippen LogP contribution in [0.5, 0.6) is 0 Å². The summed E-state index contributed by atoms with van der Waals surface area (Å²) in [6, 6.07) is 0. The number of halogens is 1. The fraction of sp³-hybridized carbons (Fsp3) is 0.714. The van der Waals surface area contributed by atoms with Gasteiger partial charge in [-0.3, -0.25) is 0 Å². The molecule has 3 nitrogen and oxygen atoms in total. The Hall–Kier alpha value is -0.130. The summed E-state index contributed by atoms with van der Waals surface area (Å²) in [6.45, 7) is 8.31. The number of nitrogens with zero attached hydrogens (tertiary/aromatic N) is 3. The second-order valence-corrected chi connectivity index (χ2v) is 4.57. The van der Waals surface area contributed by atoms with Crippen LogP contribution in [0.25, 0.3) is 0 Å². The quantitative estimate of drug-likeness (QED) is 0.671. The molecule has 1 aromatic heterocycles. The fourth-order valence-electron chi connectivity index (χ4n) is 0.774. The maximum Gasteiger partial charge on any atom is 0.123 e. The maximum absolute atomic E-state index is 4.05. The smallest absolute Gasteiger partial charge is 0.123 e. The van der Waals surface area contributed by atoms with Gasteiger partial charge in [0.2, 0.25) is 0 Å². The molecule has 1 aromatic rings. The van der Waals surface area contributed by atoms with E-state index in [1.165, 1.54) is 0 Å². The van der Waals surface area contributed by atoms with Gasteiger partial charge in [-0.25, -0.2) is 4.68 Å². The van der Waals surface area contributed by atoms with Crippen molar-refractivity contribution >= 4 is 22.6 Å². The summed E-state index contributed by atoms with van der Waals surface area (Å²) in [5.41, 5.74) is 1.04. The molecule has 0 unspecified atom stereocenters. The number of rotatable bonds is 0. The predicted octanol–water partition coefficient (Wildman–Crippen LogP) is 1.95. The molecule has 1 rings (SSSR count). The number of hydrogen-bond acceptors (Lipinski definition) is 2. The Morgan fingerprint density at radius 3 is 2.09 bits per heavy atom. The SMILES string of the molecule is Cc1nnn(C(C)(C)C)c1I. The summed E-state index contributed by atoms with van der Waals surface area (Å²) in [7, 11) is 0. The van der Waals surface area contributed by atoms with Crippen molar-refractivity contribution in [3.05, 3.63) is 9.39 Å². The van der Waals surface area contributed by atoms with E-state index in [1.807, 2.05) is 11.6 Å². The van der Waals surface area contributed by atoms with Crippen molar-refractivity contribution in [1.82, 2.24) is 15.0 Å². The first-order valence-corrected chi connectivity index (χ1v) is 4.59. The van der Waals surface area contributed by atoms with Crippen molar-refractivity contribution < 1.29 is 0 Å². The van der Waals surface area contributed by atoms with Gasteiger partial charge in [-0.15, -0.1) is 5.10 Å². The maximum atomic E-state index is 4.05. The van der Waals surface area contributed by atoms with E-state index >= 15 is 0 Å². The lowest BCUT2D eigenvalue weighted by molar-refractivity contribution is 0.339. The highest BCUT2D eigenvalue weighted by atomic mass is 127. The minimum absolute atomic E-state index is 0.0395. The summed E-state index contributed by atoms with van der Waals surface area (Å²) < 4.78 is 3.05. The summed E-state index contributed by atoms with van der Waals surface area (Å²) in [6.07, 6.45) is 0. The van der Waals surface area contributed by atoms with Crippen LogP contribution in [0, 0.1) is 10.6 Å². The molecule has 0 bridgehead atoms. The van der Waals surface area contributed by atoms with Crippen LogP contribution in [0.3, 0.4) is 0 Å². The predicted molar refractivity (Wildman–Crippen MR) is 52.5 cm³/mol. The summed E-state index contributed by atoms with van der Waals surface area (Å²) in [5, 5.41) is 8.03. The molecule has 0 aliphatic carbocycles. The van der Waals surface area contributed by atoms with Crippen LogP contribution >= 0.6 is 22.6 Å². The molecule has 11 heavy (non-hydrogen) atoms. The third-order valence-electron chi connectivity index (χ3n) is 1.40. The van der Waals surface area contributed by atoms with Crippen LogP contribution in [0.2, 0.25) is 0 Å². The van der Waals surface area contributed by atoms with Gasteiger partial charge in [-0.1, -0.05) is 5.21 Å². The topological polar surface area (TPSA) is 30.7 Å². The second kappa shape index (κ2) is 2.73. The third-order valence-corrected chi connectivity index (χ3v) is 2.64. The third kappa shape index (κ3) is 1.72. The van der Waals surface area contributed by atoms with Gasteiger partial charge in [0.05, 0.1) is 11.2 Å². The Morgan fingerprint density at radius 2 is 1.91 bits per heavy atom. The van der Waals surface area contributed by atoms with Gasteiger partial charge in [-0.05, 0) is 50.3 Å². The van der Waals surface area contributed by atoms with Gasteiger partial charge >= 0.3 is 0 Å². The van der Waals surface area contributed by atoms with Gasteiger partial charge in [0.25, 0.3) is 0 Å². The minimum Gasteiger partial charge on any atom is -0.234 e. The molecule has 0 amide bonds. The molecule has 0 radical (unpaired) electrons. The summed E-state index contributed by atoms with van der Waals surface area (Å²) >= 11 is 2.26. The highest BCUT2D eigenvalue weighted by molar-refractivity contribution is 14.1. The Bertz CT molecular complexity index is 259. The van der Waals surface area contributed by atoms with Crippen molar-refractivity contribution in [2.24, 2.45) is 0 Å². The Balaban J connectivity index is 3.15. The zero-order valence-electron chi connectivity index (χ0n) is 7.22. The molecule has 4 heteroatoms. The van der Waals surface area contributed by atoms with Gasteiger partial charge in [0, 0.05) is 0 Å². The highest BCUT2D eigenvalue weighted by Crippen LogP contribution is 2.17. The van der Waals surface area contributed by atoms with Gasteiger partial charge in [-0.2, -0.15) is 0 Å². The van der Waals surface area contributed by atoms with Crippen LogP contribution in [-0.2, 0) is 5.54 Å². The first-order valence-electron chi connectivity index (χ1n) is 3.51. The highest BCUT2D eigenvalue weighted by Gasteiger charge is 2.18. The molecule has 0 N–H and O–H groups in total. The molecule has 1 heterocycles. The Morgan fingerprint density at radius 1 is 1.36 bits per heavy atom. The van der Waals surface area contributed by atoms with E-state index in [0.717, 1.165) is 9.39 Å². The second-order valence-electron chi connectivity index (χ2n) is 3.55. The number of hydrogen-bond donors (Lipinski definition) is 0. The van der Waals surface area contributed by atoms with E-state index in [9.17, 15) is 0 Å². The molecule has 0 saturated heterocycles. The minimum atomic E-state index is 0.0395. The van der Waals surface area contributed by atoms with Crippen LogP contribution in [-0.4, -0.2) is 15.0 Å². The van der Waals surface area contributed by atoms with Gasteiger partial charge in [0.1, 0.15) is 3.70 Å². The largest absolute Gasteiger partial charge is 0.234 e. The van der Waals surface area contributed by atoms with E-state index in [-0.39, 0.29) is 5.54 Å². The van der Waals surface area contributed by atoms with E-state index in [4.69, 9.17) is 0 Å². The lowest BCUT2D eigenvalue weighted by Crippen LogP contribution is -2.24. The van der Waals surface area contributed by atoms with Crippen molar-refractivity contribution in [2.75, 3.05) is 0 Å². The normalized spacial score (nSPS) is 12.1. The molecular weight excluding hydrogens is 253 g/mol. The lowest BCUT2D eigenvalue weighted by Gasteiger charge is -2.19. The molecule has 0 atom stereocenters. The summed E-state index contributed by atoms with van der Waals surface area (Å²) in [4.78, 5) is 0. The van der Waals surface area contributed by atoms with Gasteiger partial charge in [0.15, 0.2) is 0 Å². The van der Waals surface area contributed by atoms with E-state index in [1.54, 1.807) is 0 Å². The monoisotopic (exact) mass is 265 g/mol. The molecule has 0 spiro atoms. The zero-order valence-corrected chi connectivity index (χ0v) is 9.38. The van der Waals surface area contributed by atoms with Crippen LogP contribution < -0.4 is 0 Å². The first-order chi connectivity index (χ1) is 4.93. The van der Waals surface area contributed by atoms with Crippen molar-refractivity contribution in [3.63, 3.8) is 0 Å². The zero-order chi connectivity index (χ0) is 8.65. The first kappa shape index (κ1) is 8.96. The molecule has 0 aliphatic rings. The van der Waals surface area contributed by atoms with E-state index in [2.05, 4.69) is 53.7 Å². The number of aromatic nitrogens is 3.